The van der Waals surface area contributed by atoms with Crippen molar-refractivity contribution in [2.75, 3.05) is 28.8 Å². The molecular formula is C29H32Cl2N4O7. The number of hydrazine groups is 1. The number of benzene rings is 2. The number of aliphatic carboxylic acids is 1. The third-order valence-electron chi connectivity index (χ3n) is 6.24. The van der Waals surface area contributed by atoms with Crippen molar-refractivity contribution in [3.63, 3.8) is 0 Å². The van der Waals surface area contributed by atoms with Gasteiger partial charge in [-0.25, -0.2) is 24.4 Å². The normalized spacial score (nSPS) is 18.7. The minimum absolute atomic E-state index is 0.0357. The molecule has 1 atom stereocenters. The molecule has 2 aromatic carbocycles. The van der Waals surface area contributed by atoms with E-state index in [9.17, 15) is 24.3 Å². The lowest BCUT2D eigenvalue weighted by Crippen LogP contribution is -2.45. The van der Waals surface area contributed by atoms with Crippen LogP contribution in [0.15, 0.2) is 42.0 Å². The maximum Gasteiger partial charge on any atom is 0.430 e. The molecule has 0 saturated carbocycles. The summed E-state index contributed by atoms with van der Waals surface area (Å²) in [6, 6.07) is 8.00. The molecule has 1 saturated heterocycles. The first-order chi connectivity index (χ1) is 19.4. The van der Waals surface area contributed by atoms with Crippen molar-refractivity contribution in [3.8, 4) is 0 Å². The highest BCUT2D eigenvalue weighted by Crippen LogP contribution is 2.48. The fraction of sp³-hybridized carbons (Fsp3) is 0.379. The first kappa shape index (κ1) is 31.0. The number of halogens is 2. The van der Waals surface area contributed by atoms with Gasteiger partial charge in [-0.3, -0.25) is 10.1 Å². The summed E-state index contributed by atoms with van der Waals surface area (Å²) in [6.07, 6.45) is -1.54. The average Bonchev–Trinajstić information content (AvgIpc) is 3.31. The second-order valence-corrected chi connectivity index (χ2v) is 12.7. The average molecular weight is 620 g/mol. The Morgan fingerprint density at radius 1 is 1.00 bits per heavy atom. The van der Waals surface area contributed by atoms with E-state index in [1.165, 1.54) is 17.0 Å². The Morgan fingerprint density at radius 3 is 2.24 bits per heavy atom. The van der Waals surface area contributed by atoms with Crippen LogP contribution < -0.4 is 15.2 Å². The van der Waals surface area contributed by atoms with Crippen LogP contribution in [0.1, 0.15) is 47.1 Å². The van der Waals surface area contributed by atoms with Gasteiger partial charge >= 0.3 is 18.2 Å². The Kier molecular flexibility index (Phi) is 8.14. The number of nitrogens with zero attached hydrogens (tertiary/aromatic N) is 3. The van der Waals surface area contributed by atoms with Crippen molar-refractivity contribution in [2.45, 2.75) is 58.8 Å². The van der Waals surface area contributed by atoms with Gasteiger partial charge in [-0.2, -0.15) is 0 Å². The van der Waals surface area contributed by atoms with Gasteiger partial charge in [0.15, 0.2) is 6.04 Å². The predicted octanol–water partition coefficient (Wildman–Crippen LogP) is 6.20. The van der Waals surface area contributed by atoms with Crippen LogP contribution in [0.3, 0.4) is 0 Å². The Bertz CT molecular complexity index is 1510. The van der Waals surface area contributed by atoms with Gasteiger partial charge in [0.25, 0.3) is 5.91 Å². The fourth-order valence-electron chi connectivity index (χ4n) is 4.76. The van der Waals surface area contributed by atoms with Crippen molar-refractivity contribution < 1.29 is 33.8 Å². The summed E-state index contributed by atoms with van der Waals surface area (Å²) in [7, 11) is 1.56. The van der Waals surface area contributed by atoms with E-state index in [4.69, 9.17) is 32.7 Å². The zero-order valence-electron chi connectivity index (χ0n) is 24.2. The zero-order valence-corrected chi connectivity index (χ0v) is 25.8. The Morgan fingerprint density at radius 2 is 1.64 bits per heavy atom. The minimum atomic E-state index is -1.28. The highest BCUT2D eigenvalue weighted by molar-refractivity contribution is 6.37. The van der Waals surface area contributed by atoms with Gasteiger partial charge in [0.05, 0.1) is 17.3 Å². The molecule has 0 bridgehead atoms. The number of fused-ring (bicyclic) bond motifs is 1. The number of anilines is 3. The number of carbonyl (C=O) groups excluding carboxylic acids is 3. The van der Waals surface area contributed by atoms with Gasteiger partial charge in [-0.15, -0.1) is 0 Å². The van der Waals surface area contributed by atoms with Crippen LogP contribution in [0, 0.1) is 0 Å². The second-order valence-electron chi connectivity index (χ2n) is 11.9. The number of ether oxygens (including phenoxy) is 2. The summed E-state index contributed by atoms with van der Waals surface area (Å²) >= 11 is 12.8. The lowest BCUT2D eigenvalue weighted by molar-refractivity contribution is -0.137. The monoisotopic (exact) mass is 618 g/mol. The molecule has 0 radical (unpaired) electrons. The van der Waals surface area contributed by atoms with Crippen molar-refractivity contribution in [1.29, 1.82) is 0 Å². The van der Waals surface area contributed by atoms with Crippen LogP contribution in [-0.2, 0) is 19.1 Å². The quantitative estimate of drug-likeness (QED) is 0.389. The van der Waals surface area contributed by atoms with E-state index < -0.39 is 41.3 Å². The number of hydrogen-bond donors (Lipinski definition) is 2. The van der Waals surface area contributed by atoms with Gasteiger partial charge < -0.3 is 19.5 Å². The van der Waals surface area contributed by atoms with Crippen LogP contribution in [-0.4, -0.2) is 65.0 Å². The largest absolute Gasteiger partial charge is 0.479 e. The van der Waals surface area contributed by atoms with Crippen LogP contribution in [0.2, 0.25) is 10.0 Å². The van der Waals surface area contributed by atoms with Crippen molar-refractivity contribution >= 4 is 69.9 Å². The summed E-state index contributed by atoms with van der Waals surface area (Å²) in [5.74, 6) is -1.88. The summed E-state index contributed by atoms with van der Waals surface area (Å²) in [6.45, 7) is 9.93. The van der Waals surface area contributed by atoms with E-state index in [1.807, 2.05) is 0 Å². The predicted molar refractivity (Wildman–Crippen MR) is 160 cm³/mol. The molecular weight excluding hydrogens is 587 g/mol. The van der Waals surface area contributed by atoms with E-state index in [0.29, 0.717) is 22.0 Å². The standard InChI is InChI=1S/C29H32Cl2N4O7/c1-28(2,3)41-26(39)32-16-9-8-10-17(13-16)35-24(36)18(14-34(35)27(40)42-29(4,5)6)21-22-19(31)11-15(30)12-20(22)33(7)23(21)25(37)38/h8-13,23H,14H2,1-7H3,(H,32,39)(H,37,38)/b21-18+. The Labute approximate surface area is 253 Å². The molecule has 2 aromatic rings. The topological polar surface area (TPSA) is 129 Å². The number of carboxylic acids is 1. The van der Waals surface area contributed by atoms with Crippen LogP contribution in [0.5, 0.6) is 0 Å². The molecule has 13 heteroatoms. The molecule has 2 heterocycles. The lowest BCUT2D eigenvalue weighted by Gasteiger charge is -2.30. The lowest BCUT2D eigenvalue weighted by atomic mass is 9.96. The number of amides is 3. The minimum Gasteiger partial charge on any atom is -0.479 e. The van der Waals surface area contributed by atoms with Gasteiger partial charge in [-0.05, 0) is 71.9 Å². The van der Waals surface area contributed by atoms with Gasteiger partial charge in [-0.1, -0.05) is 29.3 Å². The molecule has 4 rings (SSSR count). The summed E-state index contributed by atoms with van der Waals surface area (Å²) in [5, 5.41) is 15.5. The zero-order chi connectivity index (χ0) is 31.3. The summed E-state index contributed by atoms with van der Waals surface area (Å²) in [4.78, 5) is 54.0. The van der Waals surface area contributed by atoms with Gasteiger partial charge in [0.1, 0.15) is 11.2 Å². The highest BCUT2D eigenvalue weighted by atomic mass is 35.5. The third kappa shape index (κ3) is 6.27. The molecule has 3 amide bonds. The summed E-state index contributed by atoms with van der Waals surface area (Å²) in [5.41, 5.74) is -0.169. The van der Waals surface area contributed by atoms with E-state index >= 15 is 0 Å². The van der Waals surface area contributed by atoms with Gasteiger partial charge in [0, 0.05) is 40.2 Å². The molecule has 2 aliphatic rings. The summed E-state index contributed by atoms with van der Waals surface area (Å²) < 4.78 is 10.9. The Hall–Kier alpha value is -3.96. The van der Waals surface area contributed by atoms with E-state index in [-0.39, 0.29) is 28.4 Å². The van der Waals surface area contributed by atoms with Crippen LogP contribution in [0.4, 0.5) is 26.7 Å². The molecule has 11 nitrogen and oxygen atoms in total. The number of rotatable bonds is 3. The molecule has 42 heavy (non-hydrogen) atoms. The molecule has 0 aliphatic carbocycles. The molecule has 2 aliphatic heterocycles. The smallest absolute Gasteiger partial charge is 0.430 e. The number of carbonyl (C=O) groups is 4. The number of hydrogen-bond acceptors (Lipinski definition) is 7. The molecule has 0 aromatic heterocycles. The fourth-order valence-corrected chi connectivity index (χ4v) is 5.34. The van der Waals surface area contributed by atoms with Crippen molar-refractivity contribution in [1.82, 2.24) is 5.01 Å². The highest BCUT2D eigenvalue weighted by Gasteiger charge is 2.48. The van der Waals surface area contributed by atoms with Crippen LogP contribution >= 0.6 is 23.2 Å². The Balaban J connectivity index is 1.86. The molecule has 1 unspecified atom stereocenters. The SMILES string of the molecule is CN1c2cc(Cl)cc(Cl)c2/C(=C2/CN(C(=O)OC(C)(C)C)N(c3cccc(NC(=O)OC(C)(C)C)c3)C2=O)C1C(=O)O. The first-order valence-corrected chi connectivity index (χ1v) is 13.8. The van der Waals surface area contributed by atoms with E-state index in [0.717, 1.165) is 10.0 Å². The molecule has 224 valence electrons. The maximum atomic E-state index is 14.2. The second kappa shape index (κ2) is 11.0. The molecule has 2 N–H and O–H groups in total. The molecule has 0 spiro atoms. The first-order valence-electron chi connectivity index (χ1n) is 13.0. The van der Waals surface area contributed by atoms with Crippen molar-refractivity contribution in [3.05, 3.63) is 57.6 Å². The van der Waals surface area contributed by atoms with Crippen LogP contribution in [0.25, 0.3) is 5.57 Å². The molecule has 1 fully saturated rings. The van der Waals surface area contributed by atoms with E-state index in [1.54, 1.807) is 72.9 Å². The van der Waals surface area contributed by atoms with E-state index in [2.05, 4.69) is 5.32 Å². The van der Waals surface area contributed by atoms with Gasteiger partial charge in [0.2, 0.25) is 0 Å². The number of nitrogens with one attached hydrogen (secondary N) is 1. The maximum absolute atomic E-state index is 14.2. The third-order valence-corrected chi connectivity index (χ3v) is 6.76. The number of carboxylic acid groups (broad SMARTS) is 1. The number of likely N-dealkylation sites (N-methyl/N-ethyl adjacent to an activating group) is 1. The van der Waals surface area contributed by atoms with Crippen molar-refractivity contribution in [2.24, 2.45) is 0 Å².